The normalized spacial score (nSPS) is 14.2. The Kier molecular flexibility index (Phi) is 6.69. The van der Waals surface area contributed by atoms with E-state index >= 15 is 0 Å². The summed E-state index contributed by atoms with van der Waals surface area (Å²) in [5.74, 6) is 1.05. The summed E-state index contributed by atoms with van der Waals surface area (Å²) in [6, 6.07) is 15.1. The van der Waals surface area contributed by atoms with E-state index in [1.54, 1.807) is 6.08 Å². The summed E-state index contributed by atoms with van der Waals surface area (Å²) in [5.41, 5.74) is 3.52. The molecule has 160 valence electrons. The summed E-state index contributed by atoms with van der Waals surface area (Å²) >= 11 is 12.7. The van der Waals surface area contributed by atoms with E-state index in [1.807, 2.05) is 55.5 Å². The lowest BCUT2D eigenvalue weighted by Crippen LogP contribution is -2.30. The molecule has 1 N–H and O–H groups in total. The molecule has 4 nitrogen and oxygen atoms in total. The molecule has 4 rings (SSSR count). The highest BCUT2D eigenvalue weighted by atomic mass is 35.5. The lowest BCUT2D eigenvalue weighted by molar-refractivity contribution is -0.111. The van der Waals surface area contributed by atoms with Crippen molar-refractivity contribution in [2.45, 2.75) is 26.2 Å². The maximum absolute atomic E-state index is 12.6. The Morgan fingerprint density at radius 1 is 1.03 bits per heavy atom. The summed E-state index contributed by atoms with van der Waals surface area (Å²) in [7, 11) is 0. The minimum atomic E-state index is -0.239. The Labute approximate surface area is 192 Å². The van der Waals surface area contributed by atoms with E-state index in [1.165, 1.54) is 12.5 Å². The minimum Gasteiger partial charge on any atom is -0.457 e. The van der Waals surface area contributed by atoms with Gasteiger partial charge in [-0.3, -0.25) is 4.79 Å². The molecule has 0 saturated carbocycles. The van der Waals surface area contributed by atoms with Gasteiger partial charge >= 0.3 is 0 Å². The fourth-order valence-corrected chi connectivity index (χ4v) is 4.21. The van der Waals surface area contributed by atoms with Gasteiger partial charge in [0.05, 0.1) is 16.4 Å². The minimum absolute atomic E-state index is 0.239. The van der Waals surface area contributed by atoms with Crippen molar-refractivity contribution in [1.82, 2.24) is 0 Å². The first-order valence-electron chi connectivity index (χ1n) is 10.4. The number of hydrogen-bond donors (Lipinski definition) is 1. The Bertz CT molecular complexity index is 1110. The fraction of sp³-hybridized carbons (Fsp3) is 0.240. The fourth-order valence-electron chi connectivity index (χ4n) is 3.73. The number of anilines is 2. The van der Waals surface area contributed by atoms with E-state index in [2.05, 4.69) is 10.2 Å². The van der Waals surface area contributed by atoms with Gasteiger partial charge in [0.15, 0.2) is 0 Å². The number of piperidine rings is 1. The molecule has 1 aromatic heterocycles. The largest absolute Gasteiger partial charge is 0.457 e. The zero-order valence-electron chi connectivity index (χ0n) is 17.3. The summed E-state index contributed by atoms with van der Waals surface area (Å²) in [6.45, 7) is 3.85. The van der Waals surface area contributed by atoms with Gasteiger partial charge in [0.1, 0.15) is 11.5 Å². The van der Waals surface area contributed by atoms with Crippen LogP contribution in [0.5, 0.6) is 0 Å². The highest BCUT2D eigenvalue weighted by molar-refractivity contribution is 6.34. The van der Waals surface area contributed by atoms with Crippen LogP contribution in [-0.2, 0) is 4.79 Å². The molecule has 0 atom stereocenters. The van der Waals surface area contributed by atoms with E-state index in [0.29, 0.717) is 21.6 Å². The maximum atomic E-state index is 12.6. The predicted octanol–water partition coefficient (Wildman–Crippen LogP) is 7.20. The average molecular weight is 455 g/mol. The van der Waals surface area contributed by atoms with Gasteiger partial charge in [0.2, 0.25) is 5.91 Å². The van der Waals surface area contributed by atoms with E-state index in [-0.39, 0.29) is 5.91 Å². The van der Waals surface area contributed by atoms with Gasteiger partial charge in [-0.25, -0.2) is 0 Å². The summed E-state index contributed by atoms with van der Waals surface area (Å²) in [5, 5.41) is 4.30. The second-order valence-corrected chi connectivity index (χ2v) is 8.49. The Balaban J connectivity index is 1.47. The molecule has 0 bridgehead atoms. The summed E-state index contributed by atoms with van der Waals surface area (Å²) < 4.78 is 5.85. The van der Waals surface area contributed by atoms with Crippen molar-refractivity contribution in [3.05, 3.63) is 76.0 Å². The van der Waals surface area contributed by atoms with Crippen molar-refractivity contribution in [1.29, 1.82) is 0 Å². The van der Waals surface area contributed by atoms with Crippen molar-refractivity contribution in [2.24, 2.45) is 0 Å². The topological polar surface area (TPSA) is 45.5 Å². The van der Waals surface area contributed by atoms with Crippen molar-refractivity contribution in [3.8, 4) is 11.3 Å². The molecule has 31 heavy (non-hydrogen) atoms. The second-order valence-electron chi connectivity index (χ2n) is 7.67. The number of halogens is 2. The van der Waals surface area contributed by atoms with Crippen LogP contribution in [0.1, 0.15) is 30.6 Å². The lowest BCUT2D eigenvalue weighted by atomic mass is 10.1. The van der Waals surface area contributed by atoms with Crippen LogP contribution in [0, 0.1) is 6.92 Å². The van der Waals surface area contributed by atoms with E-state index in [0.717, 1.165) is 48.4 Å². The van der Waals surface area contributed by atoms with Crippen molar-refractivity contribution >= 4 is 46.6 Å². The molecule has 2 heterocycles. The molecule has 1 aliphatic rings. The molecular formula is C25H24Cl2N2O2. The second kappa shape index (κ2) is 9.63. The molecule has 0 aliphatic carbocycles. The van der Waals surface area contributed by atoms with Crippen molar-refractivity contribution in [3.63, 3.8) is 0 Å². The third kappa shape index (κ3) is 5.15. The Morgan fingerprint density at radius 2 is 1.84 bits per heavy atom. The SMILES string of the molecule is Cc1ccc(-c2ccc(C=CC(=O)Nc3cccc(Cl)c3N3CCCCC3)o2)cc1Cl. The van der Waals surface area contributed by atoms with Crippen LogP contribution in [0.4, 0.5) is 11.4 Å². The molecule has 2 aromatic carbocycles. The zero-order valence-corrected chi connectivity index (χ0v) is 18.8. The van der Waals surface area contributed by atoms with Crippen molar-refractivity contribution < 1.29 is 9.21 Å². The number of aryl methyl sites for hydroxylation is 1. The van der Waals surface area contributed by atoms with E-state index < -0.39 is 0 Å². The molecular weight excluding hydrogens is 431 g/mol. The van der Waals surface area contributed by atoms with Crippen LogP contribution in [-0.4, -0.2) is 19.0 Å². The average Bonchev–Trinajstić information content (AvgIpc) is 3.24. The number of amides is 1. The molecule has 1 amide bonds. The number of nitrogens with zero attached hydrogens (tertiary/aromatic N) is 1. The number of carbonyl (C=O) groups is 1. The van der Waals surface area contributed by atoms with Crippen LogP contribution in [0.15, 0.2) is 59.0 Å². The van der Waals surface area contributed by atoms with Gasteiger partial charge in [-0.15, -0.1) is 0 Å². The van der Waals surface area contributed by atoms with Gasteiger partial charge in [0.25, 0.3) is 0 Å². The predicted molar refractivity (Wildman–Crippen MR) is 129 cm³/mol. The smallest absolute Gasteiger partial charge is 0.248 e. The molecule has 0 spiro atoms. The third-order valence-corrected chi connectivity index (χ3v) is 6.11. The maximum Gasteiger partial charge on any atom is 0.248 e. The number of benzene rings is 2. The Hall–Kier alpha value is -2.69. The van der Waals surface area contributed by atoms with Gasteiger partial charge in [-0.1, -0.05) is 41.4 Å². The number of nitrogens with one attached hydrogen (secondary N) is 1. The first-order chi connectivity index (χ1) is 15.0. The van der Waals surface area contributed by atoms with Crippen LogP contribution >= 0.6 is 23.2 Å². The Morgan fingerprint density at radius 3 is 2.61 bits per heavy atom. The number of rotatable bonds is 5. The highest BCUT2D eigenvalue weighted by Gasteiger charge is 2.18. The zero-order chi connectivity index (χ0) is 21.8. The lowest BCUT2D eigenvalue weighted by Gasteiger charge is -2.31. The van der Waals surface area contributed by atoms with Crippen LogP contribution in [0.3, 0.4) is 0 Å². The number of para-hydroxylation sites is 1. The number of furan rings is 1. The molecule has 3 aromatic rings. The first kappa shape index (κ1) is 21.5. The summed E-state index contributed by atoms with van der Waals surface area (Å²) in [6.07, 6.45) is 6.60. The number of hydrogen-bond acceptors (Lipinski definition) is 3. The van der Waals surface area contributed by atoms with Gasteiger partial charge < -0.3 is 14.6 Å². The molecule has 1 saturated heterocycles. The van der Waals surface area contributed by atoms with Crippen molar-refractivity contribution in [2.75, 3.05) is 23.3 Å². The molecule has 0 radical (unpaired) electrons. The monoisotopic (exact) mass is 454 g/mol. The van der Waals surface area contributed by atoms with E-state index in [9.17, 15) is 4.79 Å². The standard InChI is InChI=1S/C25H24Cl2N2O2/c1-17-8-9-18(16-21(17)27)23-12-10-19(31-23)11-13-24(30)28-22-7-5-6-20(26)25(22)29-14-3-2-4-15-29/h5-13,16H,2-4,14-15H2,1H3,(H,28,30). The van der Waals surface area contributed by atoms with Gasteiger partial charge in [-0.2, -0.15) is 0 Å². The molecule has 0 unspecified atom stereocenters. The molecule has 6 heteroatoms. The highest BCUT2D eigenvalue weighted by Crippen LogP contribution is 2.35. The van der Waals surface area contributed by atoms with Gasteiger partial charge in [-0.05, 0) is 68.2 Å². The number of carbonyl (C=O) groups excluding carboxylic acids is 1. The van der Waals surface area contributed by atoms with Gasteiger partial charge in [0, 0.05) is 29.8 Å². The molecule has 1 fully saturated rings. The summed E-state index contributed by atoms with van der Waals surface area (Å²) in [4.78, 5) is 14.8. The molecule has 1 aliphatic heterocycles. The quantitative estimate of drug-likeness (QED) is 0.414. The third-order valence-electron chi connectivity index (χ3n) is 5.40. The van der Waals surface area contributed by atoms with Crippen LogP contribution in [0.25, 0.3) is 17.4 Å². The van der Waals surface area contributed by atoms with Crippen LogP contribution in [0.2, 0.25) is 10.0 Å². The first-order valence-corrected chi connectivity index (χ1v) is 11.2. The van der Waals surface area contributed by atoms with Crippen LogP contribution < -0.4 is 10.2 Å². The van der Waals surface area contributed by atoms with E-state index in [4.69, 9.17) is 27.6 Å².